The van der Waals surface area contributed by atoms with Gasteiger partial charge in [-0.15, -0.1) is 0 Å². The summed E-state index contributed by atoms with van der Waals surface area (Å²) in [7, 11) is 0. The standard InChI is InChI=1S/C30H38FN5O7/c1-5-42-25(37)11-10-22(16-20-12-13-32-27(20)38)33-28(39)23(15-19-6-8-21(31)9-7-19)34-30(41)26(17(2)3)35-29(40)24-14-18(4)43-36-24/h6-11,14,17,20,22-23,26H,5,12-13,15-16H2,1-4H3,(H,32,38)(H,33,39)(H,34,41)(H,35,40)/b11-10+/t20?,22-,23+,26+/m1/s1. The van der Waals surface area contributed by atoms with Crippen molar-refractivity contribution >= 4 is 29.6 Å². The summed E-state index contributed by atoms with van der Waals surface area (Å²) in [5, 5.41) is 14.6. The van der Waals surface area contributed by atoms with E-state index in [2.05, 4.69) is 26.4 Å². The average molecular weight is 600 g/mol. The van der Waals surface area contributed by atoms with Crippen LogP contribution in [0.4, 0.5) is 4.39 Å². The molecule has 13 heteroatoms. The fourth-order valence-corrected chi connectivity index (χ4v) is 4.58. The zero-order valence-corrected chi connectivity index (χ0v) is 24.6. The van der Waals surface area contributed by atoms with Gasteiger partial charge in [-0.05, 0) is 50.3 Å². The van der Waals surface area contributed by atoms with Crippen molar-refractivity contribution in [3.05, 3.63) is 65.3 Å². The number of rotatable bonds is 14. The largest absolute Gasteiger partial charge is 0.463 e. The lowest BCUT2D eigenvalue weighted by molar-refractivity contribution is -0.137. The molecule has 2 heterocycles. The molecule has 4 N–H and O–H groups in total. The molecule has 0 aliphatic carbocycles. The first-order valence-electron chi connectivity index (χ1n) is 14.2. The maximum atomic E-state index is 13.7. The molecule has 43 heavy (non-hydrogen) atoms. The van der Waals surface area contributed by atoms with E-state index in [0.29, 0.717) is 24.3 Å². The minimum absolute atomic E-state index is 0.00266. The highest BCUT2D eigenvalue weighted by Gasteiger charge is 2.32. The Kier molecular flexibility index (Phi) is 12.0. The van der Waals surface area contributed by atoms with E-state index in [1.54, 1.807) is 27.7 Å². The maximum absolute atomic E-state index is 13.7. The Morgan fingerprint density at radius 3 is 2.44 bits per heavy atom. The van der Waals surface area contributed by atoms with Crippen LogP contribution in [0.3, 0.4) is 0 Å². The van der Waals surface area contributed by atoms with E-state index < -0.39 is 47.6 Å². The van der Waals surface area contributed by atoms with Crippen LogP contribution < -0.4 is 21.3 Å². The van der Waals surface area contributed by atoms with Gasteiger partial charge in [0.05, 0.1) is 6.61 Å². The summed E-state index contributed by atoms with van der Waals surface area (Å²) < 4.78 is 23.5. The minimum Gasteiger partial charge on any atom is -0.463 e. The fourth-order valence-electron chi connectivity index (χ4n) is 4.58. The number of hydrogen-bond acceptors (Lipinski definition) is 8. The summed E-state index contributed by atoms with van der Waals surface area (Å²) in [6.07, 6.45) is 3.42. The number of carbonyl (C=O) groups is 5. The van der Waals surface area contributed by atoms with Crippen LogP contribution in [-0.2, 0) is 30.3 Å². The van der Waals surface area contributed by atoms with Gasteiger partial charge < -0.3 is 30.5 Å². The van der Waals surface area contributed by atoms with Gasteiger partial charge in [-0.3, -0.25) is 19.2 Å². The lowest BCUT2D eigenvalue weighted by Gasteiger charge is -2.26. The molecule has 0 radical (unpaired) electrons. The molecule has 4 amide bonds. The van der Waals surface area contributed by atoms with Gasteiger partial charge in [-0.25, -0.2) is 9.18 Å². The smallest absolute Gasteiger partial charge is 0.330 e. The molecule has 1 saturated heterocycles. The van der Waals surface area contributed by atoms with Crippen molar-refractivity contribution in [2.24, 2.45) is 11.8 Å². The molecule has 1 fully saturated rings. The van der Waals surface area contributed by atoms with E-state index in [4.69, 9.17) is 9.26 Å². The van der Waals surface area contributed by atoms with Crippen molar-refractivity contribution < 1.29 is 37.6 Å². The van der Waals surface area contributed by atoms with Gasteiger partial charge in [0.15, 0.2) is 5.69 Å². The van der Waals surface area contributed by atoms with E-state index in [1.807, 2.05) is 0 Å². The molecule has 1 unspecified atom stereocenters. The summed E-state index contributed by atoms with van der Waals surface area (Å²) in [5.74, 6) is -3.40. The number of amides is 4. The Labute approximate surface area is 249 Å². The Morgan fingerprint density at radius 2 is 1.86 bits per heavy atom. The van der Waals surface area contributed by atoms with Crippen LogP contribution in [0.25, 0.3) is 0 Å². The molecule has 1 aromatic heterocycles. The normalized spacial score (nSPS) is 16.8. The van der Waals surface area contributed by atoms with Crippen LogP contribution in [0.5, 0.6) is 0 Å². The van der Waals surface area contributed by atoms with Gasteiger partial charge in [-0.2, -0.15) is 0 Å². The van der Waals surface area contributed by atoms with Crippen molar-refractivity contribution in [1.82, 2.24) is 26.4 Å². The zero-order chi connectivity index (χ0) is 31.5. The van der Waals surface area contributed by atoms with Crippen LogP contribution in [0.1, 0.15) is 55.4 Å². The molecule has 2 aromatic rings. The molecular formula is C30H38FN5O7. The highest BCUT2D eigenvalue weighted by atomic mass is 19.1. The highest BCUT2D eigenvalue weighted by Crippen LogP contribution is 2.18. The quantitative estimate of drug-likeness (QED) is 0.188. The van der Waals surface area contributed by atoms with Crippen LogP contribution in [0, 0.1) is 24.6 Å². The summed E-state index contributed by atoms with van der Waals surface area (Å²) >= 11 is 0. The average Bonchev–Trinajstić information content (AvgIpc) is 3.58. The molecular weight excluding hydrogens is 561 g/mol. The number of esters is 1. The Bertz CT molecular complexity index is 1320. The number of nitrogens with one attached hydrogen (secondary N) is 4. The monoisotopic (exact) mass is 599 g/mol. The number of nitrogens with zero attached hydrogens (tertiary/aromatic N) is 1. The third-order valence-electron chi connectivity index (χ3n) is 6.86. The van der Waals surface area contributed by atoms with Gasteiger partial charge >= 0.3 is 5.97 Å². The number of aryl methyl sites for hydroxylation is 1. The summed E-state index contributed by atoms with van der Waals surface area (Å²) in [4.78, 5) is 64.1. The Hall–Kier alpha value is -4.55. The van der Waals surface area contributed by atoms with Crippen molar-refractivity contribution in [3.8, 4) is 0 Å². The van der Waals surface area contributed by atoms with E-state index >= 15 is 0 Å². The molecule has 0 spiro atoms. The molecule has 1 aromatic carbocycles. The van der Waals surface area contributed by atoms with Gasteiger partial charge in [0.1, 0.15) is 23.7 Å². The number of aromatic nitrogens is 1. The van der Waals surface area contributed by atoms with Crippen LogP contribution in [0.2, 0.25) is 0 Å². The molecule has 3 rings (SSSR count). The number of carbonyl (C=O) groups excluding carboxylic acids is 5. The highest BCUT2D eigenvalue weighted by molar-refractivity contribution is 5.97. The number of benzene rings is 1. The van der Waals surface area contributed by atoms with Gasteiger partial charge in [0.25, 0.3) is 5.91 Å². The molecule has 0 bridgehead atoms. The third-order valence-corrected chi connectivity index (χ3v) is 6.86. The molecule has 12 nitrogen and oxygen atoms in total. The molecule has 1 aliphatic heterocycles. The van der Waals surface area contributed by atoms with Crippen molar-refractivity contribution in [3.63, 3.8) is 0 Å². The van der Waals surface area contributed by atoms with Crippen molar-refractivity contribution in [2.45, 2.75) is 65.1 Å². The fraction of sp³-hybridized carbons (Fsp3) is 0.467. The molecule has 232 valence electrons. The van der Waals surface area contributed by atoms with Gasteiger partial charge in [-0.1, -0.05) is 37.2 Å². The van der Waals surface area contributed by atoms with Gasteiger partial charge in [0, 0.05) is 37.1 Å². The second kappa shape index (κ2) is 15.6. The second-order valence-electron chi connectivity index (χ2n) is 10.6. The second-order valence-corrected chi connectivity index (χ2v) is 10.6. The Morgan fingerprint density at radius 1 is 1.14 bits per heavy atom. The number of hydrogen-bond donors (Lipinski definition) is 4. The summed E-state index contributed by atoms with van der Waals surface area (Å²) in [6.45, 7) is 7.43. The van der Waals surface area contributed by atoms with Crippen LogP contribution in [-0.4, -0.2) is 66.0 Å². The van der Waals surface area contributed by atoms with Crippen molar-refractivity contribution in [2.75, 3.05) is 13.2 Å². The lowest BCUT2D eigenvalue weighted by atomic mass is 9.97. The SMILES string of the molecule is CCOC(=O)/C=C/[C@H](CC1CCNC1=O)NC(=O)[C@H](Cc1ccc(F)cc1)NC(=O)[C@@H](NC(=O)c1cc(C)on1)C(C)C. The third kappa shape index (κ3) is 10.0. The minimum atomic E-state index is -1.15. The first kappa shape index (κ1) is 33.0. The molecule has 1 aliphatic rings. The van der Waals surface area contributed by atoms with Crippen LogP contribution >= 0.6 is 0 Å². The van der Waals surface area contributed by atoms with Crippen LogP contribution in [0.15, 0.2) is 47.0 Å². The lowest BCUT2D eigenvalue weighted by Crippen LogP contribution is -2.57. The summed E-state index contributed by atoms with van der Waals surface area (Å²) in [6, 6.07) is 3.99. The predicted octanol–water partition coefficient (Wildman–Crippen LogP) is 1.73. The molecule has 4 atom stereocenters. The zero-order valence-electron chi connectivity index (χ0n) is 24.6. The maximum Gasteiger partial charge on any atom is 0.330 e. The van der Waals surface area contributed by atoms with Gasteiger partial charge in [0.2, 0.25) is 17.7 Å². The first-order valence-corrected chi connectivity index (χ1v) is 14.2. The number of halogens is 1. The van der Waals surface area contributed by atoms with E-state index in [1.165, 1.54) is 42.5 Å². The van der Waals surface area contributed by atoms with Crippen molar-refractivity contribution in [1.29, 1.82) is 0 Å². The van der Waals surface area contributed by atoms with E-state index in [-0.39, 0.29) is 42.9 Å². The predicted molar refractivity (Wildman–Crippen MR) is 153 cm³/mol. The topological polar surface area (TPSA) is 169 Å². The Balaban J connectivity index is 1.82. The first-order chi connectivity index (χ1) is 20.5. The van der Waals surface area contributed by atoms with E-state index in [0.717, 1.165) is 0 Å². The number of ether oxygens (including phenoxy) is 1. The van der Waals surface area contributed by atoms with E-state index in [9.17, 15) is 28.4 Å². The summed E-state index contributed by atoms with van der Waals surface area (Å²) in [5.41, 5.74) is 0.572. The molecule has 0 saturated carbocycles.